The van der Waals surface area contributed by atoms with E-state index in [4.69, 9.17) is 0 Å². The summed E-state index contributed by atoms with van der Waals surface area (Å²) in [6.45, 7) is 5.51. The molecule has 7 heteroatoms. The van der Waals surface area contributed by atoms with Crippen molar-refractivity contribution in [3.05, 3.63) is 53.7 Å². The van der Waals surface area contributed by atoms with Crippen LogP contribution in [0.3, 0.4) is 0 Å². The predicted molar refractivity (Wildman–Crippen MR) is 93.5 cm³/mol. The van der Waals surface area contributed by atoms with Crippen molar-refractivity contribution in [1.82, 2.24) is 9.29 Å². The number of carbonyl (C=O) groups is 1. The molecule has 0 saturated heterocycles. The van der Waals surface area contributed by atoms with Crippen molar-refractivity contribution < 1.29 is 13.2 Å². The molecule has 1 heterocycles. The summed E-state index contributed by atoms with van der Waals surface area (Å²) in [6, 6.07) is 9.27. The van der Waals surface area contributed by atoms with Gasteiger partial charge in [0.05, 0.1) is 4.90 Å². The Morgan fingerprint density at radius 1 is 1.12 bits per heavy atom. The molecule has 24 heavy (non-hydrogen) atoms. The molecule has 1 aromatic heterocycles. The second-order valence-electron chi connectivity index (χ2n) is 5.81. The van der Waals surface area contributed by atoms with Crippen LogP contribution < -0.4 is 5.32 Å². The van der Waals surface area contributed by atoms with Gasteiger partial charge in [-0.15, -0.1) is 0 Å². The number of nitrogens with one attached hydrogen (secondary N) is 1. The fraction of sp³-hybridized carbons (Fsp3) is 0.294. The van der Waals surface area contributed by atoms with Crippen LogP contribution in [0.1, 0.15) is 29.8 Å². The van der Waals surface area contributed by atoms with Crippen molar-refractivity contribution in [3.63, 3.8) is 0 Å². The molecule has 1 aromatic carbocycles. The van der Waals surface area contributed by atoms with E-state index in [0.717, 1.165) is 5.56 Å². The van der Waals surface area contributed by atoms with E-state index in [1.54, 1.807) is 26.1 Å². The van der Waals surface area contributed by atoms with Crippen LogP contribution in [-0.2, 0) is 10.0 Å². The highest BCUT2D eigenvalue weighted by Crippen LogP contribution is 2.17. The number of hydrogen-bond acceptors (Lipinski definition) is 4. The fourth-order valence-electron chi connectivity index (χ4n) is 1.95. The van der Waals surface area contributed by atoms with Gasteiger partial charge in [-0.1, -0.05) is 6.07 Å². The minimum Gasteiger partial charge on any atom is -0.307 e. The summed E-state index contributed by atoms with van der Waals surface area (Å²) in [4.78, 5) is 16.5. The van der Waals surface area contributed by atoms with Crippen LogP contribution >= 0.6 is 0 Å². The molecule has 0 radical (unpaired) electrons. The van der Waals surface area contributed by atoms with Gasteiger partial charge in [0.1, 0.15) is 5.82 Å². The number of benzene rings is 1. The topological polar surface area (TPSA) is 79.4 Å². The molecule has 0 aliphatic rings. The lowest BCUT2D eigenvalue weighted by atomic mass is 10.2. The van der Waals surface area contributed by atoms with Gasteiger partial charge in [0, 0.05) is 24.8 Å². The number of pyridine rings is 1. The van der Waals surface area contributed by atoms with Crippen LogP contribution in [0.5, 0.6) is 0 Å². The van der Waals surface area contributed by atoms with Gasteiger partial charge in [-0.2, -0.15) is 4.31 Å². The first-order valence-corrected chi connectivity index (χ1v) is 8.98. The maximum Gasteiger partial charge on any atom is 0.256 e. The molecule has 0 saturated carbocycles. The fourth-order valence-corrected chi connectivity index (χ4v) is 3.32. The number of hydrogen-bond donors (Lipinski definition) is 1. The highest BCUT2D eigenvalue weighted by atomic mass is 32.2. The zero-order valence-corrected chi connectivity index (χ0v) is 15.0. The number of rotatable bonds is 5. The van der Waals surface area contributed by atoms with E-state index >= 15 is 0 Å². The van der Waals surface area contributed by atoms with Crippen molar-refractivity contribution in [1.29, 1.82) is 0 Å². The zero-order chi connectivity index (χ0) is 17.9. The van der Waals surface area contributed by atoms with E-state index in [9.17, 15) is 13.2 Å². The molecule has 0 fully saturated rings. The van der Waals surface area contributed by atoms with Crippen molar-refractivity contribution in [2.45, 2.75) is 31.7 Å². The third-order valence-electron chi connectivity index (χ3n) is 3.67. The lowest BCUT2D eigenvalue weighted by molar-refractivity contribution is 0.102. The van der Waals surface area contributed by atoms with Crippen molar-refractivity contribution in [2.24, 2.45) is 0 Å². The molecule has 0 bridgehead atoms. The molecule has 128 valence electrons. The Labute approximate surface area is 142 Å². The lowest BCUT2D eigenvalue weighted by Crippen LogP contribution is -2.33. The minimum absolute atomic E-state index is 0.148. The predicted octanol–water partition coefficient (Wildman–Crippen LogP) is 2.67. The van der Waals surface area contributed by atoms with Crippen molar-refractivity contribution >= 4 is 21.7 Å². The number of nitrogens with zero attached hydrogens (tertiary/aromatic N) is 2. The minimum atomic E-state index is -3.56. The molecule has 2 aromatic rings. The van der Waals surface area contributed by atoms with E-state index in [1.165, 1.54) is 35.6 Å². The number of anilines is 1. The van der Waals surface area contributed by atoms with E-state index in [1.807, 2.05) is 13.0 Å². The molecular weight excluding hydrogens is 326 g/mol. The normalized spacial score (nSPS) is 11.8. The summed E-state index contributed by atoms with van der Waals surface area (Å²) in [7, 11) is -2.02. The molecule has 0 spiro atoms. The van der Waals surface area contributed by atoms with Crippen LogP contribution in [0.4, 0.5) is 5.82 Å². The first kappa shape index (κ1) is 18.1. The molecule has 0 aliphatic carbocycles. The molecule has 1 amide bonds. The lowest BCUT2D eigenvalue weighted by Gasteiger charge is -2.21. The van der Waals surface area contributed by atoms with Gasteiger partial charge >= 0.3 is 0 Å². The summed E-state index contributed by atoms with van der Waals surface area (Å²) in [5.41, 5.74) is 1.36. The first-order chi connectivity index (χ1) is 11.2. The summed E-state index contributed by atoms with van der Waals surface area (Å²) in [5, 5.41) is 2.67. The smallest absolute Gasteiger partial charge is 0.256 e. The van der Waals surface area contributed by atoms with Crippen molar-refractivity contribution in [2.75, 3.05) is 12.4 Å². The Morgan fingerprint density at radius 2 is 1.75 bits per heavy atom. The third-order valence-corrected chi connectivity index (χ3v) is 5.72. The van der Waals surface area contributed by atoms with Crippen molar-refractivity contribution in [3.8, 4) is 0 Å². The molecule has 1 N–H and O–H groups in total. The maximum atomic E-state index is 12.4. The van der Waals surface area contributed by atoms with E-state index in [2.05, 4.69) is 10.3 Å². The Morgan fingerprint density at radius 3 is 2.25 bits per heavy atom. The van der Waals surface area contributed by atoms with Gasteiger partial charge in [-0.25, -0.2) is 13.4 Å². The van der Waals surface area contributed by atoms with Crippen LogP contribution in [0, 0.1) is 6.92 Å². The SMILES string of the molecule is Cc1ccc(NC(=O)c2ccc(S(=O)(=O)N(C)C(C)C)cc2)nc1. The van der Waals surface area contributed by atoms with Crippen LogP contribution in [-0.4, -0.2) is 36.7 Å². The standard InChI is InChI=1S/C17H21N3O3S/c1-12(2)20(4)24(22,23)15-8-6-14(7-9-15)17(21)19-16-10-5-13(3)11-18-16/h5-12H,1-4H3,(H,18,19,21). The number of amides is 1. The van der Waals surface area contributed by atoms with Gasteiger partial charge in [0.15, 0.2) is 0 Å². The Kier molecular flexibility index (Phi) is 5.36. The highest BCUT2D eigenvalue weighted by Gasteiger charge is 2.23. The summed E-state index contributed by atoms with van der Waals surface area (Å²) in [6.07, 6.45) is 1.66. The number of sulfonamides is 1. The zero-order valence-electron chi connectivity index (χ0n) is 14.1. The highest BCUT2D eigenvalue weighted by molar-refractivity contribution is 7.89. The maximum absolute atomic E-state index is 12.4. The van der Waals surface area contributed by atoms with Gasteiger partial charge in [0.25, 0.3) is 5.91 Å². The van der Waals surface area contributed by atoms with Crippen LogP contribution in [0.25, 0.3) is 0 Å². The van der Waals surface area contributed by atoms with Crippen LogP contribution in [0.15, 0.2) is 47.5 Å². The molecule has 0 aliphatic heterocycles. The van der Waals surface area contributed by atoms with Gasteiger partial charge in [-0.3, -0.25) is 4.79 Å². The third kappa shape index (κ3) is 3.98. The molecule has 2 rings (SSSR count). The quantitative estimate of drug-likeness (QED) is 0.902. The monoisotopic (exact) mass is 347 g/mol. The first-order valence-electron chi connectivity index (χ1n) is 7.54. The second-order valence-corrected chi connectivity index (χ2v) is 7.81. The summed E-state index contributed by atoms with van der Waals surface area (Å²) < 4.78 is 26.1. The average molecular weight is 347 g/mol. The van der Waals surface area contributed by atoms with E-state index in [-0.39, 0.29) is 16.8 Å². The van der Waals surface area contributed by atoms with Gasteiger partial charge in [0.2, 0.25) is 10.0 Å². The largest absolute Gasteiger partial charge is 0.307 e. The van der Waals surface area contributed by atoms with Gasteiger partial charge < -0.3 is 5.32 Å². The summed E-state index contributed by atoms with van der Waals surface area (Å²) in [5.74, 6) is 0.106. The average Bonchev–Trinajstić information content (AvgIpc) is 2.56. The Hall–Kier alpha value is -2.25. The summed E-state index contributed by atoms with van der Waals surface area (Å²) >= 11 is 0. The molecule has 0 atom stereocenters. The van der Waals surface area contributed by atoms with E-state index < -0.39 is 10.0 Å². The Balaban J connectivity index is 2.17. The van der Waals surface area contributed by atoms with Crippen LogP contribution in [0.2, 0.25) is 0 Å². The molecule has 0 unspecified atom stereocenters. The molecular formula is C17H21N3O3S. The molecule has 6 nitrogen and oxygen atoms in total. The number of aromatic nitrogens is 1. The van der Waals surface area contributed by atoms with Gasteiger partial charge in [-0.05, 0) is 56.7 Å². The Bertz CT molecular complexity index is 813. The number of aryl methyl sites for hydroxylation is 1. The second kappa shape index (κ2) is 7.11. The number of carbonyl (C=O) groups excluding carboxylic acids is 1. The van der Waals surface area contributed by atoms with E-state index in [0.29, 0.717) is 11.4 Å².